The lowest BCUT2D eigenvalue weighted by atomic mass is 10.00. The molecule has 1 aromatic heterocycles. The average Bonchev–Trinajstić information content (AvgIpc) is 3.42. The number of piperidine rings is 1. The van der Waals surface area contributed by atoms with Gasteiger partial charge >= 0.3 is 0 Å². The lowest BCUT2D eigenvalue weighted by Crippen LogP contribution is -2.55. The third-order valence-electron chi connectivity index (χ3n) is 8.31. The molecule has 2 saturated heterocycles. The van der Waals surface area contributed by atoms with E-state index in [0.717, 1.165) is 56.8 Å². The van der Waals surface area contributed by atoms with Crippen molar-refractivity contribution in [1.82, 2.24) is 24.7 Å². The van der Waals surface area contributed by atoms with Crippen LogP contribution >= 0.6 is 0 Å². The molecule has 3 aromatic carbocycles. The van der Waals surface area contributed by atoms with Crippen molar-refractivity contribution in [2.24, 2.45) is 0 Å². The van der Waals surface area contributed by atoms with E-state index in [1.165, 1.54) is 24.0 Å². The lowest BCUT2D eigenvalue weighted by molar-refractivity contribution is 0.0434. The van der Waals surface area contributed by atoms with Crippen LogP contribution in [0.15, 0.2) is 97.3 Å². The number of hydrogen-bond acceptors (Lipinski definition) is 4. The smallest absolute Gasteiger partial charge is 0.275 e. The molecule has 2 fully saturated rings. The maximum atomic E-state index is 14.4. The maximum Gasteiger partial charge on any atom is 0.275 e. The van der Waals surface area contributed by atoms with Crippen LogP contribution < -0.4 is 5.32 Å². The molecule has 0 aliphatic carbocycles. The van der Waals surface area contributed by atoms with Gasteiger partial charge in [0.25, 0.3) is 5.91 Å². The van der Waals surface area contributed by atoms with Crippen molar-refractivity contribution in [1.29, 1.82) is 0 Å². The summed E-state index contributed by atoms with van der Waals surface area (Å²) in [5.41, 5.74) is 5.10. The summed E-state index contributed by atoms with van der Waals surface area (Å²) in [6.45, 7) is 5.14. The minimum atomic E-state index is 0.0366. The summed E-state index contributed by atoms with van der Waals surface area (Å²) in [5, 5.41) is 3.66. The molecule has 3 heterocycles. The van der Waals surface area contributed by atoms with Gasteiger partial charge in [-0.15, -0.1) is 0 Å². The van der Waals surface area contributed by atoms with Gasteiger partial charge in [-0.3, -0.25) is 9.69 Å². The Labute approximate surface area is 237 Å². The van der Waals surface area contributed by atoms with Crippen molar-refractivity contribution in [3.05, 3.63) is 114 Å². The van der Waals surface area contributed by atoms with Gasteiger partial charge in [0.15, 0.2) is 5.69 Å². The fourth-order valence-corrected chi connectivity index (χ4v) is 6.26. The third kappa shape index (κ3) is 6.19. The Kier molecular flexibility index (Phi) is 8.36. The summed E-state index contributed by atoms with van der Waals surface area (Å²) in [4.78, 5) is 23.7. The van der Waals surface area contributed by atoms with Gasteiger partial charge in [-0.05, 0) is 36.9 Å². The Morgan fingerprint density at radius 3 is 2.25 bits per heavy atom. The third-order valence-corrected chi connectivity index (χ3v) is 8.31. The van der Waals surface area contributed by atoms with Crippen molar-refractivity contribution in [3.8, 4) is 11.3 Å². The molecule has 1 N–H and O–H groups in total. The molecular formula is C34H39N5O. The minimum absolute atomic E-state index is 0.0366. The Bertz CT molecular complexity index is 1370. The van der Waals surface area contributed by atoms with E-state index in [2.05, 4.69) is 92.5 Å². The Morgan fingerprint density at radius 1 is 0.850 bits per heavy atom. The second-order valence-corrected chi connectivity index (χ2v) is 11.2. The largest absolute Gasteiger partial charge is 0.331 e. The number of nitrogens with one attached hydrogen (secondary N) is 1. The number of carbonyl (C=O) groups is 1. The standard InChI is InChI=1S/C34H39N5O/c40-34(32-33(29-16-8-3-9-17-29)38(26-36-32)24-30-18-10-11-19-35-30)39-21-20-37(23-28-14-6-2-7-15-28)25-31(39)22-27-12-4-1-5-13-27/h1-9,12-17,26,30-31,35H,10-11,18-25H2/t30?,31-/m1/s1. The van der Waals surface area contributed by atoms with Crippen LogP contribution in [0.2, 0.25) is 0 Å². The van der Waals surface area contributed by atoms with E-state index in [1.54, 1.807) is 0 Å². The van der Waals surface area contributed by atoms with Gasteiger partial charge in [-0.2, -0.15) is 0 Å². The number of piperazine rings is 1. The normalized spacial score (nSPS) is 19.9. The predicted molar refractivity (Wildman–Crippen MR) is 160 cm³/mol. The van der Waals surface area contributed by atoms with Gasteiger partial charge in [-0.25, -0.2) is 4.98 Å². The van der Waals surface area contributed by atoms with Crippen LogP contribution in [-0.2, 0) is 19.5 Å². The number of nitrogens with zero attached hydrogens (tertiary/aromatic N) is 4. The molecule has 6 nitrogen and oxygen atoms in total. The quantitative estimate of drug-likeness (QED) is 0.336. The Balaban J connectivity index is 1.29. The van der Waals surface area contributed by atoms with E-state index in [1.807, 2.05) is 24.5 Å². The van der Waals surface area contributed by atoms with Crippen LogP contribution in [0.25, 0.3) is 11.3 Å². The van der Waals surface area contributed by atoms with E-state index in [9.17, 15) is 4.79 Å². The molecule has 0 bridgehead atoms. The molecule has 0 radical (unpaired) electrons. The van der Waals surface area contributed by atoms with Gasteiger partial charge in [0.1, 0.15) is 0 Å². The number of rotatable bonds is 8. The number of carbonyl (C=O) groups excluding carboxylic acids is 1. The first-order valence-electron chi connectivity index (χ1n) is 14.7. The van der Waals surface area contributed by atoms with E-state index in [-0.39, 0.29) is 11.9 Å². The highest BCUT2D eigenvalue weighted by Gasteiger charge is 2.34. The Morgan fingerprint density at radius 2 is 1.55 bits per heavy atom. The highest BCUT2D eigenvalue weighted by molar-refractivity contribution is 5.98. The molecule has 6 heteroatoms. The molecule has 1 amide bonds. The molecule has 0 saturated carbocycles. The van der Waals surface area contributed by atoms with Crippen LogP contribution in [0, 0.1) is 0 Å². The van der Waals surface area contributed by atoms with Crippen LogP contribution in [0.3, 0.4) is 0 Å². The topological polar surface area (TPSA) is 53.4 Å². The highest BCUT2D eigenvalue weighted by Crippen LogP contribution is 2.28. The molecule has 2 aliphatic rings. The first-order valence-corrected chi connectivity index (χ1v) is 14.7. The van der Waals surface area contributed by atoms with E-state index in [4.69, 9.17) is 4.98 Å². The van der Waals surface area contributed by atoms with Gasteiger partial charge in [0.2, 0.25) is 0 Å². The predicted octanol–water partition coefficient (Wildman–Crippen LogP) is 5.26. The summed E-state index contributed by atoms with van der Waals surface area (Å²) in [6.07, 6.45) is 6.33. The van der Waals surface area contributed by atoms with Crippen molar-refractivity contribution < 1.29 is 4.79 Å². The summed E-state index contributed by atoms with van der Waals surface area (Å²) < 4.78 is 2.20. The van der Waals surface area contributed by atoms with E-state index in [0.29, 0.717) is 18.3 Å². The molecule has 1 unspecified atom stereocenters. The number of aromatic nitrogens is 2. The summed E-state index contributed by atoms with van der Waals surface area (Å²) in [6, 6.07) is 32.0. The van der Waals surface area contributed by atoms with Crippen LogP contribution in [0.4, 0.5) is 0 Å². The fourth-order valence-electron chi connectivity index (χ4n) is 6.26. The lowest BCUT2D eigenvalue weighted by Gasteiger charge is -2.41. The molecule has 206 valence electrons. The van der Waals surface area contributed by atoms with Crippen LogP contribution in [0.1, 0.15) is 40.9 Å². The molecule has 0 spiro atoms. The summed E-state index contributed by atoms with van der Waals surface area (Å²) in [5.74, 6) is 0.0366. The van der Waals surface area contributed by atoms with Crippen LogP contribution in [0.5, 0.6) is 0 Å². The van der Waals surface area contributed by atoms with Gasteiger partial charge < -0.3 is 14.8 Å². The Hall–Kier alpha value is -3.74. The molecule has 2 atom stereocenters. The number of hydrogen-bond donors (Lipinski definition) is 1. The first kappa shape index (κ1) is 26.5. The molecule has 40 heavy (non-hydrogen) atoms. The SMILES string of the molecule is O=C(c1ncn(CC2CCCCN2)c1-c1ccccc1)N1CCN(Cc2ccccc2)C[C@H]1Cc1ccccc1. The zero-order chi connectivity index (χ0) is 27.1. The number of benzene rings is 3. The zero-order valence-corrected chi connectivity index (χ0v) is 23.2. The van der Waals surface area contributed by atoms with Gasteiger partial charge in [0.05, 0.1) is 12.0 Å². The maximum absolute atomic E-state index is 14.4. The highest BCUT2D eigenvalue weighted by atomic mass is 16.2. The van der Waals surface area contributed by atoms with Gasteiger partial charge in [0, 0.05) is 50.4 Å². The van der Waals surface area contributed by atoms with Crippen molar-refractivity contribution in [3.63, 3.8) is 0 Å². The molecule has 2 aliphatic heterocycles. The first-order chi connectivity index (χ1) is 19.7. The monoisotopic (exact) mass is 533 g/mol. The minimum Gasteiger partial charge on any atom is -0.331 e. The molecule has 6 rings (SSSR count). The molecule has 4 aromatic rings. The summed E-state index contributed by atoms with van der Waals surface area (Å²) in [7, 11) is 0. The van der Waals surface area contributed by atoms with Crippen molar-refractivity contribution >= 4 is 5.91 Å². The number of amides is 1. The average molecular weight is 534 g/mol. The van der Waals surface area contributed by atoms with Gasteiger partial charge in [-0.1, -0.05) is 97.4 Å². The summed E-state index contributed by atoms with van der Waals surface area (Å²) >= 11 is 0. The zero-order valence-electron chi connectivity index (χ0n) is 23.2. The number of imidazole rings is 1. The second-order valence-electron chi connectivity index (χ2n) is 11.2. The van der Waals surface area contributed by atoms with Crippen molar-refractivity contribution in [2.45, 2.75) is 50.9 Å². The van der Waals surface area contributed by atoms with Crippen LogP contribution in [-0.4, -0.2) is 63.5 Å². The van der Waals surface area contributed by atoms with E-state index < -0.39 is 0 Å². The van der Waals surface area contributed by atoms with E-state index >= 15 is 0 Å². The fraction of sp³-hybridized carbons (Fsp3) is 0.353. The molecular weight excluding hydrogens is 494 g/mol. The van der Waals surface area contributed by atoms with Crippen molar-refractivity contribution in [2.75, 3.05) is 26.2 Å². The second kappa shape index (κ2) is 12.6.